The maximum atomic E-state index is 5.65. The van der Waals surface area contributed by atoms with Gasteiger partial charge in [0.25, 0.3) is 0 Å². The molecule has 4 heteroatoms. The molecule has 0 bridgehead atoms. The Kier molecular flexibility index (Phi) is 4.64. The maximum absolute atomic E-state index is 5.65. The predicted octanol–water partition coefficient (Wildman–Crippen LogP) is 2.41. The Bertz CT molecular complexity index is 291. The molecule has 0 aliphatic carbocycles. The van der Waals surface area contributed by atoms with Gasteiger partial charge in [0.15, 0.2) is 5.22 Å². The molecule has 1 rings (SSSR count). The van der Waals surface area contributed by atoms with Crippen LogP contribution in [0.5, 0.6) is 0 Å². The third-order valence-corrected chi connectivity index (χ3v) is 2.09. The van der Waals surface area contributed by atoms with Gasteiger partial charge in [0.2, 0.25) is 0 Å². The second kappa shape index (κ2) is 5.54. The number of rotatable bonds is 5. The van der Waals surface area contributed by atoms with E-state index >= 15 is 0 Å². The molecule has 3 nitrogen and oxygen atoms in total. The fraction of sp³-hybridized carbons (Fsp3) is 0.636. The molecule has 0 fully saturated rings. The van der Waals surface area contributed by atoms with Crippen molar-refractivity contribution < 1.29 is 4.42 Å². The van der Waals surface area contributed by atoms with Gasteiger partial charge in [0.05, 0.1) is 6.54 Å². The van der Waals surface area contributed by atoms with Crippen LogP contribution in [0.25, 0.3) is 0 Å². The lowest BCUT2D eigenvalue weighted by molar-refractivity contribution is 0.415. The zero-order valence-corrected chi connectivity index (χ0v) is 10.3. The second-order valence-electron chi connectivity index (χ2n) is 4.56. The fourth-order valence-corrected chi connectivity index (χ4v) is 1.35. The highest BCUT2D eigenvalue weighted by atomic mass is 35.5. The van der Waals surface area contributed by atoms with Crippen LogP contribution in [0.2, 0.25) is 5.22 Å². The van der Waals surface area contributed by atoms with Crippen molar-refractivity contribution in [3.05, 3.63) is 23.1 Å². The third-order valence-electron chi connectivity index (χ3n) is 1.89. The largest absolute Gasteiger partial charge is 0.448 e. The molecule has 1 aromatic heterocycles. The average Bonchev–Trinajstić information content (AvgIpc) is 2.49. The molecule has 0 radical (unpaired) electrons. The van der Waals surface area contributed by atoms with Gasteiger partial charge in [0.1, 0.15) is 5.76 Å². The van der Waals surface area contributed by atoms with Crippen molar-refractivity contribution in [1.29, 1.82) is 0 Å². The quantitative estimate of drug-likeness (QED) is 0.763. The van der Waals surface area contributed by atoms with E-state index in [1.165, 1.54) is 0 Å². The lowest BCUT2D eigenvalue weighted by atomic mass is 10.1. The fourth-order valence-electron chi connectivity index (χ4n) is 1.18. The van der Waals surface area contributed by atoms with Crippen molar-refractivity contribution in [2.75, 3.05) is 13.1 Å². The molecule has 0 aromatic carbocycles. The molecule has 0 saturated heterocycles. The van der Waals surface area contributed by atoms with Crippen LogP contribution in [0.4, 0.5) is 0 Å². The minimum absolute atomic E-state index is 0.176. The van der Waals surface area contributed by atoms with E-state index in [4.69, 9.17) is 16.0 Å². The predicted molar refractivity (Wildman–Crippen MR) is 63.2 cm³/mol. The summed E-state index contributed by atoms with van der Waals surface area (Å²) < 4.78 is 5.21. The van der Waals surface area contributed by atoms with Crippen LogP contribution in [0, 0.1) is 0 Å². The van der Waals surface area contributed by atoms with Gasteiger partial charge in [-0.15, -0.1) is 0 Å². The topological polar surface area (TPSA) is 37.2 Å². The van der Waals surface area contributed by atoms with E-state index in [0.29, 0.717) is 5.22 Å². The first-order valence-corrected chi connectivity index (χ1v) is 5.55. The normalized spacial score (nSPS) is 12.0. The van der Waals surface area contributed by atoms with Crippen molar-refractivity contribution in [3.8, 4) is 0 Å². The van der Waals surface area contributed by atoms with Gasteiger partial charge in [-0.2, -0.15) is 0 Å². The molecule has 2 N–H and O–H groups in total. The van der Waals surface area contributed by atoms with Crippen molar-refractivity contribution in [1.82, 2.24) is 10.6 Å². The summed E-state index contributed by atoms with van der Waals surface area (Å²) in [5, 5.41) is 7.11. The summed E-state index contributed by atoms with van der Waals surface area (Å²) in [6, 6.07) is 3.64. The molecule has 15 heavy (non-hydrogen) atoms. The number of hydrogen-bond donors (Lipinski definition) is 2. The van der Waals surface area contributed by atoms with E-state index in [9.17, 15) is 0 Å². The number of hydrogen-bond acceptors (Lipinski definition) is 3. The van der Waals surface area contributed by atoms with Gasteiger partial charge in [-0.3, -0.25) is 0 Å². The molecule has 86 valence electrons. The van der Waals surface area contributed by atoms with Gasteiger partial charge < -0.3 is 15.1 Å². The Morgan fingerprint density at radius 1 is 1.27 bits per heavy atom. The number of nitrogens with one attached hydrogen (secondary N) is 2. The van der Waals surface area contributed by atoms with E-state index in [1.807, 2.05) is 6.07 Å². The summed E-state index contributed by atoms with van der Waals surface area (Å²) >= 11 is 5.65. The number of halogens is 1. The summed E-state index contributed by atoms with van der Waals surface area (Å²) in [5.41, 5.74) is 0.176. The molecule has 0 aliphatic heterocycles. The molecule has 0 spiro atoms. The summed E-state index contributed by atoms with van der Waals surface area (Å²) in [5.74, 6) is 0.871. The second-order valence-corrected chi connectivity index (χ2v) is 4.93. The molecular weight excluding hydrogens is 212 g/mol. The van der Waals surface area contributed by atoms with Crippen LogP contribution in [0.1, 0.15) is 26.5 Å². The van der Waals surface area contributed by atoms with E-state index < -0.39 is 0 Å². The molecule has 0 amide bonds. The molecule has 0 saturated carbocycles. The zero-order valence-electron chi connectivity index (χ0n) is 9.56. The minimum Gasteiger partial charge on any atom is -0.448 e. The Morgan fingerprint density at radius 2 is 2.00 bits per heavy atom. The van der Waals surface area contributed by atoms with Crippen LogP contribution < -0.4 is 10.6 Å². The van der Waals surface area contributed by atoms with E-state index in [0.717, 1.165) is 25.4 Å². The van der Waals surface area contributed by atoms with Crippen LogP contribution >= 0.6 is 11.6 Å². The molecule has 1 aromatic rings. The molecule has 1 heterocycles. The van der Waals surface area contributed by atoms with Gasteiger partial charge in [-0.05, 0) is 44.5 Å². The third kappa shape index (κ3) is 5.82. The highest BCUT2D eigenvalue weighted by Crippen LogP contribution is 2.12. The Morgan fingerprint density at radius 3 is 2.53 bits per heavy atom. The lowest BCUT2D eigenvalue weighted by Crippen LogP contribution is -2.40. The minimum atomic E-state index is 0.176. The molecular formula is C11H19ClN2O. The van der Waals surface area contributed by atoms with Crippen LogP contribution in [0.15, 0.2) is 16.5 Å². The van der Waals surface area contributed by atoms with Crippen LogP contribution in [0.3, 0.4) is 0 Å². The first-order valence-electron chi connectivity index (χ1n) is 5.17. The summed E-state index contributed by atoms with van der Waals surface area (Å²) in [7, 11) is 0. The molecule has 0 aliphatic rings. The van der Waals surface area contributed by atoms with Crippen molar-refractivity contribution in [2.45, 2.75) is 32.9 Å². The Labute approximate surface area is 96.2 Å². The first kappa shape index (κ1) is 12.6. The van der Waals surface area contributed by atoms with E-state index in [-0.39, 0.29) is 5.54 Å². The summed E-state index contributed by atoms with van der Waals surface area (Å²) in [6.07, 6.45) is 0. The van der Waals surface area contributed by atoms with Gasteiger partial charge in [0, 0.05) is 18.6 Å². The average molecular weight is 231 g/mol. The monoisotopic (exact) mass is 230 g/mol. The van der Waals surface area contributed by atoms with Crippen molar-refractivity contribution in [2.24, 2.45) is 0 Å². The molecule has 0 unspecified atom stereocenters. The zero-order chi connectivity index (χ0) is 11.3. The maximum Gasteiger partial charge on any atom is 0.193 e. The standard InChI is InChI=1S/C11H19ClN2O/c1-11(2,3)14-7-6-13-8-9-4-5-10(12)15-9/h4-5,13-14H,6-8H2,1-3H3. The Balaban J connectivity index is 2.07. The summed E-state index contributed by atoms with van der Waals surface area (Å²) in [6.45, 7) is 9.03. The highest BCUT2D eigenvalue weighted by Gasteiger charge is 2.07. The first-order chi connectivity index (χ1) is 6.97. The smallest absolute Gasteiger partial charge is 0.193 e. The van der Waals surface area contributed by atoms with Crippen LogP contribution in [-0.2, 0) is 6.54 Å². The van der Waals surface area contributed by atoms with Gasteiger partial charge in [-0.1, -0.05) is 0 Å². The van der Waals surface area contributed by atoms with Crippen molar-refractivity contribution >= 4 is 11.6 Å². The van der Waals surface area contributed by atoms with Crippen molar-refractivity contribution in [3.63, 3.8) is 0 Å². The number of furan rings is 1. The summed E-state index contributed by atoms with van der Waals surface area (Å²) in [4.78, 5) is 0. The Hall–Kier alpha value is -0.510. The molecule has 0 atom stereocenters. The highest BCUT2D eigenvalue weighted by molar-refractivity contribution is 6.28. The van der Waals surface area contributed by atoms with Crippen LogP contribution in [-0.4, -0.2) is 18.6 Å². The van der Waals surface area contributed by atoms with E-state index in [1.54, 1.807) is 6.07 Å². The lowest BCUT2D eigenvalue weighted by Gasteiger charge is -2.20. The SMILES string of the molecule is CC(C)(C)NCCNCc1ccc(Cl)o1. The van der Waals surface area contributed by atoms with E-state index in [2.05, 4.69) is 31.4 Å². The van der Waals surface area contributed by atoms with Gasteiger partial charge in [-0.25, -0.2) is 0 Å². The van der Waals surface area contributed by atoms with Gasteiger partial charge >= 0.3 is 0 Å².